The lowest BCUT2D eigenvalue weighted by Gasteiger charge is -1.95. The summed E-state index contributed by atoms with van der Waals surface area (Å²) in [5.41, 5.74) is 1.49. The lowest BCUT2D eigenvalue weighted by Crippen LogP contribution is -1.71. The molecule has 0 atom stereocenters. The zero-order chi connectivity index (χ0) is 8.27. The van der Waals surface area contributed by atoms with Crippen LogP contribution in [0, 0.1) is 6.92 Å². The predicted molar refractivity (Wildman–Crippen MR) is 44.0 cm³/mol. The van der Waals surface area contributed by atoms with Crippen molar-refractivity contribution >= 4 is 23.4 Å². The Morgan fingerprint density at radius 1 is 1.55 bits per heavy atom. The monoisotopic (exact) mass is 167 g/mol. The number of nitrogens with zero attached hydrogens (tertiary/aromatic N) is 1. The molecule has 0 spiro atoms. The van der Waals surface area contributed by atoms with Gasteiger partial charge in [-0.25, -0.2) is 4.79 Å². The summed E-state index contributed by atoms with van der Waals surface area (Å²) in [5.74, 6) is 0. The van der Waals surface area contributed by atoms with Crippen molar-refractivity contribution in [1.29, 1.82) is 0 Å². The summed E-state index contributed by atoms with van der Waals surface area (Å²) in [6.07, 6.45) is 1.44. The first-order valence-electron chi connectivity index (χ1n) is 3.08. The van der Waals surface area contributed by atoms with E-state index >= 15 is 0 Å². The Bertz CT molecular complexity index is 316. The summed E-state index contributed by atoms with van der Waals surface area (Å²) < 4.78 is 0. The summed E-state index contributed by atoms with van der Waals surface area (Å²) in [7, 11) is 0. The number of aliphatic imine (C=N–C) groups is 1. The standard InChI is InChI=1S/C8H6ClNO/c1-6-2-3-7(9)8(4-6)10-5-11/h2-4H,1H3. The molecule has 0 bridgehead atoms. The zero-order valence-corrected chi connectivity index (χ0v) is 6.72. The molecule has 0 aromatic heterocycles. The Balaban J connectivity index is 3.22. The van der Waals surface area contributed by atoms with Crippen molar-refractivity contribution in [1.82, 2.24) is 0 Å². The summed E-state index contributed by atoms with van der Waals surface area (Å²) >= 11 is 5.70. The first-order chi connectivity index (χ1) is 5.24. The number of rotatable bonds is 1. The Morgan fingerprint density at radius 2 is 2.27 bits per heavy atom. The van der Waals surface area contributed by atoms with E-state index in [1.807, 2.05) is 13.0 Å². The van der Waals surface area contributed by atoms with Gasteiger partial charge in [0, 0.05) is 0 Å². The maximum Gasteiger partial charge on any atom is 0.240 e. The van der Waals surface area contributed by atoms with Gasteiger partial charge in [0.05, 0.1) is 10.7 Å². The number of aryl methyl sites for hydroxylation is 1. The molecule has 56 valence electrons. The largest absolute Gasteiger partial charge is 0.240 e. The molecule has 0 saturated heterocycles. The minimum atomic E-state index is 0.471. The molecule has 0 N–H and O–H groups in total. The lowest BCUT2D eigenvalue weighted by atomic mass is 10.2. The van der Waals surface area contributed by atoms with Crippen LogP contribution in [0.25, 0.3) is 0 Å². The number of halogens is 1. The van der Waals surface area contributed by atoms with Crippen molar-refractivity contribution in [2.75, 3.05) is 0 Å². The molecule has 0 aliphatic carbocycles. The maximum absolute atomic E-state index is 9.89. The van der Waals surface area contributed by atoms with E-state index in [0.29, 0.717) is 10.7 Å². The van der Waals surface area contributed by atoms with Crippen molar-refractivity contribution < 1.29 is 4.79 Å². The molecule has 0 fully saturated rings. The minimum Gasteiger partial charge on any atom is -0.211 e. The predicted octanol–water partition coefficient (Wildman–Crippen LogP) is 2.62. The third kappa shape index (κ3) is 1.90. The molecule has 0 aliphatic rings. The lowest BCUT2D eigenvalue weighted by molar-refractivity contribution is 0.565. The normalized spacial score (nSPS) is 8.91. The molecule has 0 unspecified atom stereocenters. The molecule has 0 amide bonds. The van der Waals surface area contributed by atoms with Crippen molar-refractivity contribution in [2.24, 2.45) is 4.99 Å². The van der Waals surface area contributed by atoms with Crippen LogP contribution in [0.1, 0.15) is 5.56 Å². The van der Waals surface area contributed by atoms with Gasteiger partial charge in [0.1, 0.15) is 0 Å². The van der Waals surface area contributed by atoms with Crippen LogP contribution in [0.3, 0.4) is 0 Å². The molecular formula is C8H6ClNO. The van der Waals surface area contributed by atoms with Crippen molar-refractivity contribution in [3.05, 3.63) is 28.8 Å². The molecule has 1 aromatic carbocycles. The third-order valence-electron chi connectivity index (χ3n) is 1.27. The summed E-state index contributed by atoms with van der Waals surface area (Å²) in [5, 5.41) is 0.471. The van der Waals surface area contributed by atoms with Crippen molar-refractivity contribution in [3.63, 3.8) is 0 Å². The van der Waals surface area contributed by atoms with Gasteiger partial charge in [0.15, 0.2) is 0 Å². The molecule has 0 heterocycles. The number of hydrogen-bond donors (Lipinski definition) is 0. The van der Waals surface area contributed by atoms with Gasteiger partial charge in [-0.1, -0.05) is 17.7 Å². The fraction of sp³-hybridized carbons (Fsp3) is 0.125. The second-order valence-electron chi connectivity index (χ2n) is 2.16. The van der Waals surface area contributed by atoms with Gasteiger partial charge in [-0.15, -0.1) is 0 Å². The molecule has 2 nitrogen and oxygen atoms in total. The van der Waals surface area contributed by atoms with Crippen LogP contribution in [0.4, 0.5) is 5.69 Å². The highest BCUT2D eigenvalue weighted by Gasteiger charge is 1.96. The summed E-state index contributed by atoms with van der Waals surface area (Å²) in [4.78, 5) is 13.3. The van der Waals surface area contributed by atoms with Crippen molar-refractivity contribution in [3.8, 4) is 0 Å². The van der Waals surface area contributed by atoms with Gasteiger partial charge in [-0.2, -0.15) is 4.99 Å². The van der Waals surface area contributed by atoms with Gasteiger partial charge >= 0.3 is 0 Å². The molecule has 3 heteroatoms. The number of hydrogen-bond acceptors (Lipinski definition) is 2. The van der Waals surface area contributed by atoms with Crippen LogP contribution in [0.2, 0.25) is 5.02 Å². The topological polar surface area (TPSA) is 29.4 Å². The fourth-order valence-electron chi connectivity index (χ4n) is 0.758. The first-order valence-corrected chi connectivity index (χ1v) is 3.46. The molecule has 1 rings (SSSR count). The van der Waals surface area contributed by atoms with E-state index in [-0.39, 0.29) is 0 Å². The number of benzene rings is 1. The molecular weight excluding hydrogens is 162 g/mol. The van der Waals surface area contributed by atoms with E-state index in [2.05, 4.69) is 4.99 Å². The van der Waals surface area contributed by atoms with Crippen LogP contribution < -0.4 is 0 Å². The Morgan fingerprint density at radius 3 is 2.91 bits per heavy atom. The molecule has 11 heavy (non-hydrogen) atoms. The second kappa shape index (κ2) is 3.33. The van der Waals surface area contributed by atoms with Gasteiger partial charge in [0.25, 0.3) is 0 Å². The smallest absolute Gasteiger partial charge is 0.211 e. The zero-order valence-electron chi connectivity index (χ0n) is 5.97. The van der Waals surface area contributed by atoms with Gasteiger partial charge in [-0.3, -0.25) is 0 Å². The van der Waals surface area contributed by atoms with Gasteiger partial charge in [0.2, 0.25) is 6.08 Å². The SMILES string of the molecule is Cc1ccc(Cl)c(N=C=O)c1. The average molecular weight is 168 g/mol. The fourth-order valence-corrected chi connectivity index (χ4v) is 0.917. The number of isocyanates is 1. The third-order valence-corrected chi connectivity index (χ3v) is 1.59. The molecule has 0 aliphatic heterocycles. The molecule has 0 saturated carbocycles. The molecule has 1 aromatic rings. The number of carbonyl (C=O) groups excluding carboxylic acids is 1. The Labute approximate surface area is 69.5 Å². The molecule has 0 radical (unpaired) electrons. The van der Waals surface area contributed by atoms with Crippen LogP contribution in [-0.2, 0) is 4.79 Å². The van der Waals surface area contributed by atoms with E-state index in [9.17, 15) is 4.79 Å². The first kappa shape index (κ1) is 7.99. The van der Waals surface area contributed by atoms with Crippen LogP contribution in [0.15, 0.2) is 23.2 Å². The van der Waals surface area contributed by atoms with Crippen LogP contribution in [0.5, 0.6) is 0 Å². The quantitative estimate of drug-likeness (QED) is 0.467. The van der Waals surface area contributed by atoms with Crippen LogP contribution in [-0.4, -0.2) is 6.08 Å². The van der Waals surface area contributed by atoms with E-state index < -0.39 is 0 Å². The Kier molecular flexibility index (Phi) is 2.42. The highest BCUT2D eigenvalue weighted by atomic mass is 35.5. The highest BCUT2D eigenvalue weighted by molar-refractivity contribution is 6.33. The van der Waals surface area contributed by atoms with Gasteiger partial charge < -0.3 is 0 Å². The maximum atomic E-state index is 9.89. The average Bonchev–Trinajstić information content (AvgIpc) is 1.98. The summed E-state index contributed by atoms with van der Waals surface area (Å²) in [6, 6.07) is 5.28. The second-order valence-corrected chi connectivity index (χ2v) is 2.57. The van der Waals surface area contributed by atoms with Crippen molar-refractivity contribution in [2.45, 2.75) is 6.92 Å². The highest BCUT2D eigenvalue weighted by Crippen LogP contribution is 2.24. The van der Waals surface area contributed by atoms with Gasteiger partial charge in [-0.05, 0) is 24.6 Å². The summed E-state index contributed by atoms with van der Waals surface area (Å²) in [6.45, 7) is 1.90. The van der Waals surface area contributed by atoms with E-state index in [1.165, 1.54) is 6.08 Å². The van der Waals surface area contributed by atoms with E-state index in [0.717, 1.165) is 5.56 Å². The van der Waals surface area contributed by atoms with E-state index in [4.69, 9.17) is 11.6 Å². The van der Waals surface area contributed by atoms with Crippen LogP contribution >= 0.6 is 11.6 Å². The minimum absolute atomic E-state index is 0.471. The Hall–Kier alpha value is -1.11. The van der Waals surface area contributed by atoms with E-state index in [1.54, 1.807) is 12.1 Å².